The summed E-state index contributed by atoms with van der Waals surface area (Å²) in [5.41, 5.74) is 1.54. The second kappa shape index (κ2) is 17.4. The molecule has 0 spiro atoms. The van der Waals surface area contributed by atoms with Crippen LogP contribution in [0.1, 0.15) is 61.6 Å². The molecule has 2 saturated heterocycles. The van der Waals surface area contributed by atoms with E-state index in [1.807, 2.05) is 6.07 Å². The fourth-order valence-electron chi connectivity index (χ4n) is 6.35. The van der Waals surface area contributed by atoms with E-state index in [9.17, 15) is 40.7 Å². The molecule has 11 nitrogen and oxygen atoms in total. The summed E-state index contributed by atoms with van der Waals surface area (Å²) in [6.45, 7) is 4.95. The first-order chi connectivity index (χ1) is 26.1. The number of H-pyrrole nitrogens is 1. The predicted octanol–water partition coefficient (Wildman–Crippen LogP) is 6.38. The van der Waals surface area contributed by atoms with Gasteiger partial charge >= 0.3 is 18.3 Å². The van der Waals surface area contributed by atoms with E-state index in [2.05, 4.69) is 20.1 Å². The number of carbonyl (C=O) groups excluding carboxylic acids is 3. The fourth-order valence-corrected chi connectivity index (χ4v) is 6.35. The Balaban J connectivity index is 0.000000757. The maximum Gasteiger partial charge on any atom is 0.490 e. The fraction of sp³-hybridized carbons (Fsp3) is 0.368. The number of carboxylic acid groups (broad SMARTS) is 1. The van der Waals surface area contributed by atoms with Crippen molar-refractivity contribution in [2.45, 2.75) is 31.6 Å². The number of hydrogen-bond acceptors (Lipinski definition) is 7. The van der Waals surface area contributed by atoms with E-state index in [1.165, 1.54) is 19.2 Å². The number of alkyl halides is 6. The number of rotatable bonds is 9. The van der Waals surface area contributed by atoms with Crippen LogP contribution >= 0.6 is 0 Å². The van der Waals surface area contributed by atoms with Crippen molar-refractivity contribution in [2.24, 2.45) is 0 Å². The zero-order valence-corrected chi connectivity index (χ0v) is 29.7. The Morgan fingerprint density at radius 2 is 1.53 bits per heavy atom. The zero-order valence-electron chi connectivity index (χ0n) is 29.7. The molecule has 2 amide bonds. The number of morpholine rings is 1. The number of aromatic nitrogens is 1. The van der Waals surface area contributed by atoms with Gasteiger partial charge in [0.05, 0.1) is 30.2 Å². The van der Waals surface area contributed by atoms with Crippen molar-refractivity contribution in [3.63, 3.8) is 0 Å². The molecule has 3 heterocycles. The minimum atomic E-state index is -5.08. The summed E-state index contributed by atoms with van der Waals surface area (Å²) < 4.78 is 77.6. The molecule has 294 valence electrons. The summed E-state index contributed by atoms with van der Waals surface area (Å²) in [5.74, 6) is -3.93. The average molecular weight is 776 g/mol. The number of ether oxygens (including phenoxy) is 1. The number of aliphatic carboxylic acids is 1. The molecular formula is C38H39F6N5O6. The molecule has 1 aromatic heterocycles. The molecule has 0 unspecified atom stereocenters. The summed E-state index contributed by atoms with van der Waals surface area (Å²) >= 11 is 0. The molecule has 17 heteroatoms. The number of carbonyl (C=O) groups is 4. The van der Waals surface area contributed by atoms with E-state index in [1.54, 1.807) is 41.3 Å². The predicted molar refractivity (Wildman–Crippen MR) is 192 cm³/mol. The number of nitrogens with zero attached hydrogens (tertiary/aromatic N) is 3. The summed E-state index contributed by atoms with van der Waals surface area (Å²) in [4.78, 5) is 59.0. The largest absolute Gasteiger partial charge is 0.490 e. The van der Waals surface area contributed by atoms with E-state index in [4.69, 9.17) is 14.6 Å². The number of piperidine rings is 1. The Morgan fingerprint density at radius 3 is 2.16 bits per heavy atom. The Morgan fingerprint density at radius 1 is 0.855 bits per heavy atom. The monoisotopic (exact) mass is 775 g/mol. The highest BCUT2D eigenvalue weighted by Crippen LogP contribution is 2.34. The van der Waals surface area contributed by atoms with Gasteiger partial charge in [0, 0.05) is 79.6 Å². The molecule has 2 fully saturated rings. The smallest absolute Gasteiger partial charge is 0.475 e. The number of anilines is 2. The zero-order chi connectivity index (χ0) is 39.9. The van der Waals surface area contributed by atoms with Crippen molar-refractivity contribution in [1.29, 1.82) is 0 Å². The molecule has 0 atom stereocenters. The van der Waals surface area contributed by atoms with Gasteiger partial charge in [-0.1, -0.05) is 12.1 Å². The summed E-state index contributed by atoms with van der Waals surface area (Å²) in [6.07, 6.45) is -6.47. The first-order valence-electron chi connectivity index (χ1n) is 17.4. The summed E-state index contributed by atoms with van der Waals surface area (Å²) in [5, 5.41) is 10.2. The molecule has 3 aromatic carbocycles. The molecule has 0 radical (unpaired) electrons. The number of benzene rings is 3. The van der Waals surface area contributed by atoms with Crippen molar-refractivity contribution in [3.05, 3.63) is 94.7 Å². The topological polar surface area (TPSA) is 135 Å². The Kier molecular flexibility index (Phi) is 12.9. The van der Waals surface area contributed by atoms with E-state index in [0.717, 1.165) is 50.2 Å². The van der Waals surface area contributed by atoms with E-state index in [0.29, 0.717) is 49.5 Å². The highest BCUT2D eigenvalue weighted by molar-refractivity contribution is 6.17. The van der Waals surface area contributed by atoms with Gasteiger partial charge in [-0.3, -0.25) is 19.3 Å². The lowest BCUT2D eigenvalue weighted by Gasteiger charge is -2.32. The van der Waals surface area contributed by atoms with Gasteiger partial charge in [-0.05, 0) is 73.9 Å². The normalized spacial score (nSPS) is 15.2. The van der Waals surface area contributed by atoms with Crippen molar-refractivity contribution in [1.82, 2.24) is 15.2 Å². The van der Waals surface area contributed by atoms with Crippen LogP contribution in [-0.4, -0.2) is 104 Å². The lowest BCUT2D eigenvalue weighted by Crippen LogP contribution is -2.43. The molecule has 4 aromatic rings. The summed E-state index contributed by atoms with van der Waals surface area (Å²) in [7, 11) is 1.52. The number of fused-ring (bicyclic) bond motifs is 1. The maximum absolute atomic E-state index is 14.4. The van der Waals surface area contributed by atoms with Crippen LogP contribution in [-0.2, 0) is 15.7 Å². The van der Waals surface area contributed by atoms with Gasteiger partial charge in [0.25, 0.3) is 11.8 Å². The van der Waals surface area contributed by atoms with Crippen molar-refractivity contribution in [3.8, 4) is 0 Å². The number of aromatic amines is 1. The van der Waals surface area contributed by atoms with Crippen molar-refractivity contribution < 1.29 is 55.4 Å². The third kappa shape index (κ3) is 10.2. The van der Waals surface area contributed by atoms with Crippen LogP contribution in [0.5, 0.6) is 0 Å². The molecule has 0 aliphatic carbocycles. The van der Waals surface area contributed by atoms with Gasteiger partial charge in [0.15, 0.2) is 0 Å². The lowest BCUT2D eigenvalue weighted by molar-refractivity contribution is -0.192. The third-order valence-corrected chi connectivity index (χ3v) is 9.26. The average Bonchev–Trinajstić information content (AvgIpc) is 3.61. The van der Waals surface area contributed by atoms with Crippen LogP contribution in [0.15, 0.2) is 66.7 Å². The van der Waals surface area contributed by atoms with Crippen LogP contribution in [0.25, 0.3) is 10.9 Å². The van der Waals surface area contributed by atoms with Gasteiger partial charge in [0.2, 0.25) is 5.78 Å². The minimum absolute atomic E-state index is 0.114. The van der Waals surface area contributed by atoms with Crippen molar-refractivity contribution >= 4 is 45.8 Å². The molecule has 0 bridgehead atoms. The third-order valence-electron chi connectivity index (χ3n) is 9.26. The van der Waals surface area contributed by atoms with Crippen molar-refractivity contribution in [2.75, 3.05) is 69.3 Å². The SMILES string of the molecule is CNC(=O)c1cccc(C(=O)N(CCN2CCOCC2)c2ccc(N3CCCCC3)cc2C(=O)c2cc3ccc(C(F)(F)F)cc3[nH]2)c1.O=C(O)C(F)(F)F. The number of ketones is 1. The van der Waals surface area contributed by atoms with Gasteiger partial charge < -0.3 is 29.9 Å². The molecule has 6 rings (SSSR count). The van der Waals surface area contributed by atoms with Crippen LogP contribution in [0.4, 0.5) is 37.7 Å². The molecule has 0 saturated carbocycles. The molecule has 55 heavy (non-hydrogen) atoms. The highest BCUT2D eigenvalue weighted by Gasteiger charge is 2.38. The van der Waals surface area contributed by atoms with E-state index >= 15 is 0 Å². The second-order valence-electron chi connectivity index (χ2n) is 12.9. The Labute approximate surface area is 311 Å². The standard InChI is InChI=1S/C36H38F3N5O4.C2HF3O2/c1-40-34(46)25-6-5-7-26(20-25)35(47)44(15-14-42-16-18-48-19-17-42)32-11-10-28(43-12-3-2-4-13-43)23-29(32)33(45)31-21-24-8-9-27(36(37,38)39)22-30(24)41-31;3-2(4,5)1(6)7/h5-11,20-23,41H,2-4,12-19H2,1H3,(H,40,46);(H,6,7). The summed E-state index contributed by atoms with van der Waals surface area (Å²) in [6, 6.07) is 16.8. The van der Waals surface area contributed by atoms with E-state index in [-0.39, 0.29) is 40.7 Å². The second-order valence-corrected chi connectivity index (χ2v) is 12.9. The lowest BCUT2D eigenvalue weighted by atomic mass is 10.0. The van der Waals surface area contributed by atoms with Gasteiger partial charge in [-0.25, -0.2) is 4.79 Å². The van der Waals surface area contributed by atoms with Crippen LogP contribution in [0, 0.1) is 0 Å². The molecule has 2 aliphatic rings. The Hall–Kier alpha value is -5.42. The van der Waals surface area contributed by atoms with Crippen LogP contribution in [0.3, 0.4) is 0 Å². The van der Waals surface area contributed by atoms with Crippen LogP contribution in [0.2, 0.25) is 0 Å². The number of hydrogen-bond donors (Lipinski definition) is 3. The quantitative estimate of drug-likeness (QED) is 0.132. The Bertz CT molecular complexity index is 2020. The highest BCUT2D eigenvalue weighted by atomic mass is 19.4. The minimum Gasteiger partial charge on any atom is -0.475 e. The molecule has 3 N–H and O–H groups in total. The van der Waals surface area contributed by atoms with Crippen LogP contribution < -0.4 is 15.1 Å². The number of halogens is 6. The van der Waals surface area contributed by atoms with Gasteiger partial charge in [0.1, 0.15) is 0 Å². The maximum atomic E-state index is 14.4. The molecule has 2 aliphatic heterocycles. The van der Waals surface area contributed by atoms with Gasteiger partial charge in [-0.15, -0.1) is 0 Å². The van der Waals surface area contributed by atoms with E-state index < -0.39 is 29.7 Å². The van der Waals surface area contributed by atoms with Gasteiger partial charge in [-0.2, -0.15) is 26.3 Å². The number of carboxylic acids is 1. The number of nitrogens with one attached hydrogen (secondary N) is 2. The first-order valence-corrected chi connectivity index (χ1v) is 17.4. The first kappa shape index (κ1) is 40.8. The molecular weight excluding hydrogens is 736 g/mol. The number of amides is 2.